The van der Waals surface area contributed by atoms with Crippen LogP contribution >= 0.6 is 19.2 Å². The fourth-order valence-corrected chi connectivity index (χ4v) is 5.19. The average molecular weight is 418 g/mol. The third-order valence-electron chi connectivity index (χ3n) is 4.35. The largest absolute Gasteiger partial charge is 0.372 e. The Morgan fingerprint density at radius 1 is 1.31 bits per heavy atom. The highest BCUT2D eigenvalue weighted by atomic mass is 32.7. The van der Waals surface area contributed by atoms with Gasteiger partial charge >= 0.3 is 0 Å². The molecule has 0 saturated carbocycles. The van der Waals surface area contributed by atoms with Crippen LogP contribution in [0.15, 0.2) is 33.6 Å². The quantitative estimate of drug-likeness (QED) is 0.309. The van der Waals surface area contributed by atoms with Crippen molar-refractivity contribution in [3.63, 3.8) is 0 Å². The molecule has 1 heterocycles. The summed E-state index contributed by atoms with van der Waals surface area (Å²) in [5.41, 5.74) is 3.17. The van der Waals surface area contributed by atoms with Crippen molar-refractivity contribution in [1.29, 1.82) is 0 Å². The number of amidine groups is 1. The van der Waals surface area contributed by atoms with Crippen LogP contribution in [-0.2, 0) is 11.0 Å². The lowest BCUT2D eigenvalue weighted by Gasteiger charge is -2.35. The normalized spacial score (nSPS) is 17.3. The summed E-state index contributed by atoms with van der Waals surface area (Å²) >= 11 is 1.34. The highest BCUT2D eigenvalue weighted by molar-refractivity contribution is 8.57. The molecule has 0 aromatic heterocycles. The summed E-state index contributed by atoms with van der Waals surface area (Å²) in [6.45, 7) is 12.7. The Labute approximate surface area is 166 Å². The first kappa shape index (κ1) is 23.4. The van der Waals surface area contributed by atoms with Gasteiger partial charge in [0.05, 0.1) is 4.90 Å². The van der Waals surface area contributed by atoms with Crippen LogP contribution in [0.3, 0.4) is 0 Å². The molecule has 1 saturated heterocycles. The van der Waals surface area contributed by atoms with Crippen molar-refractivity contribution >= 4 is 41.0 Å². The van der Waals surface area contributed by atoms with E-state index in [0.29, 0.717) is 12.7 Å². The first-order valence-electron chi connectivity index (χ1n) is 9.14. The fraction of sp³-hybridized carbons (Fsp3) is 0.611. The first-order chi connectivity index (χ1) is 12.5. The van der Waals surface area contributed by atoms with Gasteiger partial charge in [0.1, 0.15) is 0 Å². The first-order valence-corrected chi connectivity index (χ1v) is 13.3. The SMILES string of the molecule is CC.CPS/C(=N/S(=O)c1ccc(N2CCC(C(C)C)CC2)cc1)NO. The molecule has 5 nitrogen and oxygen atoms in total. The summed E-state index contributed by atoms with van der Waals surface area (Å²) in [6.07, 6.45) is 2.46. The van der Waals surface area contributed by atoms with E-state index in [1.807, 2.05) is 50.3 Å². The van der Waals surface area contributed by atoms with Gasteiger partial charge in [-0.2, -0.15) is 4.40 Å². The van der Waals surface area contributed by atoms with Crippen LogP contribution in [0.25, 0.3) is 0 Å². The maximum Gasteiger partial charge on any atom is 0.199 e. The van der Waals surface area contributed by atoms with Gasteiger partial charge in [-0.05, 0) is 55.6 Å². The molecule has 0 spiro atoms. The van der Waals surface area contributed by atoms with Gasteiger partial charge in [0.25, 0.3) is 0 Å². The highest BCUT2D eigenvalue weighted by Crippen LogP contribution is 2.29. The number of nitrogens with one attached hydrogen (secondary N) is 1. The Kier molecular flexibility index (Phi) is 11.4. The fourth-order valence-electron chi connectivity index (χ4n) is 2.88. The van der Waals surface area contributed by atoms with Crippen molar-refractivity contribution in [3.05, 3.63) is 24.3 Å². The molecule has 1 aliphatic heterocycles. The average Bonchev–Trinajstić information content (AvgIpc) is 2.69. The molecule has 2 unspecified atom stereocenters. The topological polar surface area (TPSA) is 64.9 Å². The summed E-state index contributed by atoms with van der Waals surface area (Å²) in [4.78, 5) is 3.03. The standard InChI is InChI=1S/C16H26N3O2PS2.C2H6/c1-12(2)13-8-10-19(11-9-13)14-4-6-15(7-5-14)24(21)18-16(17-20)23-22-3;1-2/h4-7,12-13,20,22H,8-11H2,1-3H3,(H,17,18);1-2H3. The van der Waals surface area contributed by atoms with Crippen LogP contribution < -0.4 is 10.4 Å². The summed E-state index contributed by atoms with van der Waals surface area (Å²) in [5.74, 6) is 1.58. The third kappa shape index (κ3) is 7.18. The number of anilines is 1. The maximum atomic E-state index is 12.2. The van der Waals surface area contributed by atoms with E-state index in [-0.39, 0.29) is 5.17 Å². The molecule has 8 heteroatoms. The van der Waals surface area contributed by atoms with Gasteiger partial charge < -0.3 is 4.90 Å². The molecule has 1 fully saturated rings. The molecule has 0 radical (unpaired) electrons. The van der Waals surface area contributed by atoms with Crippen molar-refractivity contribution in [3.8, 4) is 0 Å². The van der Waals surface area contributed by atoms with Crippen LogP contribution in [0, 0.1) is 11.8 Å². The molecular weight excluding hydrogens is 385 g/mol. The van der Waals surface area contributed by atoms with E-state index in [2.05, 4.69) is 23.1 Å². The van der Waals surface area contributed by atoms with Crippen LogP contribution in [0.2, 0.25) is 0 Å². The lowest BCUT2D eigenvalue weighted by molar-refractivity contribution is 0.238. The number of benzene rings is 1. The Balaban J connectivity index is 0.00000163. The van der Waals surface area contributed by atoms with Gasteiger partial charge in [0.15, 0.2) is 16.2 Å². The second-order valence-corrected chi connectivity index (χ2v) is 10.1. The molecule has 2 rings (SSSR count). The molecule has 2 N–H and O–H groups in total. The Morgan fingerprint density at radius 2 is 1.88 bits per heavy atom. The predicted molar refractivity (Wildman–Crippen MR) is 118 cm³/mol. The summed E-state index contributed by atoms with van der Waals surface area (Å²) < 4.78 is 16.3. The van der Waals surface area contributed by atoms with Gasteiger partial charge in [-0.3, -0.25) is 5.21 Å². The number of rotatable bonds is 5. The molecule has 1 aliphatic rings. The molecular formula is C18H32N3O2PS2. The van der Waals surface area contributed by atoms with Crippen molar-refractivity contribution in [2.24, 2.45) is 16.2 Å². The molecule has 0 aliphatic carbocycles. The van der Waals surface area contributed by atoms with Crippen LogP contribution in [0.4, 0.5) is 5.69 Å². The Morgan fingerprint density at radius 3 is 2.35 bits per heavy atom. The zero-order valence-corrected chi connectivity index (χ0v) is 19.0. The number of hydrogen-bond donors (Lipinski definition) is 2. The van der Waals surface area contributed by atoms with Crippen molar-refractivity contribution in [2.45, 2.75) is 45.4 Å². The van der Waals surface area contributed by atoms with E-state index in [4.69, 9.17) is 5.21 Å². The maximum absolute atomic E-state index is 12.2. The van der Waals surface area contributed by atoms with Gasteiger partial charge in [0.2, 0.25) is 0 Å². The summed E-state index contributed by atoms with van der Waals surface area (Å²) in [6, 6.07) is 7.74. The lowest BCUT2D eigenvalue weighted by Crippen LogP contribution is -2.35. The number of hydrogen-bond acceptors (Lipinski definition) is 4. The lowest BCUT2D eigenvalue weighted by atomic mass is 9.86. The second-order valence-electron chi connectivity index (χ2n) is 6.13. The smallest absolute Gasteiger partial charge is 0.199 e. The minimum atomic E-state index is -1.51. The molecule has 0 bridgehead atoms. The van der Waals surface area contributed by atoms with E-state index in [1.54, 1.807) is 0 Å². The molecule has 0 amide bonds. The number of piperidine rings is 1. The Bertz CT molecular complexity index is 574. The second kappa shape index (κ2) is 12.7. The van der Waals surface area contributed by atoms with Crippen LogP contribution in [-0.4, -0.2) is 34.3 Å². The van der Waals surface area contributed by atoms with E-state index in [1.165, 1.54) is 29.9 Å². The van der Waals surface area contributed by atoms with E-state index in [0.717, 1.165) is 24.9 Å². The van der Waals surface area contributed by atoms with Crippen molar-refractivity contribution in [1.82, 2.24) is 5.48 Å². The molecule has 26 heavy (non-hydrogen) atoms. The zero-order chi connectivity index (χ0) is 19.5. The summed E-state index contributed by atoms with van der Waals surface area (Å²) in [5, 5.41) is 9.28. The monoisotopic (exact) mass is 417 g/mol. The predicted octanol–water partition coefficient (Wildman–Crippen LogP) is 4.90. The van der Waals surface area contributed by atoms with Gasteiger partial charge in [-0.1, -0.05) is 46.9 Å². The number of hydroxylamine groups is 1. The zero-order valence-electron chi connectivity index (χ0n) is 16.4. The minimum Gasteiger partial charge on any atom is -0.372 e. The van der Waals surface area contributed by atoms with Crippen LogP contribution in [0.1, 0.15) is 40.5 Å². The number of nitrogens with zero attached hydrogens (tertiary/aromatic N) is 2. The molecule has 1 aromatic carbocycles. The Hall–Kier alpha value is -0.620. The van der Waals surface area contributed by atoms with E-state index in [9.17, 15) is 4.21 Å². The van der Waals surface area contributed by atoms with Crippen molar-refractivity contribution in [2.75, 3.05) is 24.7 Å². The van der Waals surface area contributed by atoms with Gasteiger partial charge in [-0.25, -0.2) is 9.69 Å². The van der Waals surface area contributed by atoms with E-state index >= 15 is 0 Å². The van der Waals surface area contributed by atoms with E-state index < -0.39 is 11.0 Å². The van der Waals surface area contributed by atoms with Crippen LogP contribution in [0.5, 0.6) is 0 Å². The van der Waals surface area contributed by atoms with Gasteiger partial charge in [0, 0.05) is 18.8 Å². The molecule has 1 aromatic rings. The molecule has 148 valence electrons. The third-order valence-corrected chi connectivity index (χ3v) is 7.26. The summed E-state index contributed by atoms with van der Waals surface area (Å²) in [7, 11) is -0.989. The minimum absolute atomic E-state index is 0.286. The molecule has 2 atom stereocenters. The van der Waals surface area contributed by atoms with Gasteiger partial charge in [-0.15, -0.1) is 0 Å². The van der Waals surface area contributed by atoms with Crippen molar-refractivity contribution < 1.29 is 9.42 Å². The highest BCUT2D eigenvalue weighted by Gasteiger charge is 2.21.